The van der Waals surface area contributed by atoms with E-state index in [1.165, 1.54) is 38.5 Å². The Morgan fingerprint density at radius 2 is 1.80 bits per heavy atom. The first kappa shape index (κ1) is 21.5. The highest BCUT2D eigenvalue weighted by atomic mass is 127. The summed E-state index contributed by atoms with van der Waals surface area (Å²) in [4.78, 5) is 4.94. The minimum Gasteiger partial charge on any atom is -0.357 e. The van der Waals surface area contributed by atoms with Crippen molar-refractivity contribution in [1.82, 2.24) is 10.6 Å². The molecule has 0 aromatic rings. The van der Waals surface area contributed by atoms with Gasteiger partial charge in [-0.05, 0) is 69.6 Å². The van der Waals surface area contributed by atoms with Crippen molar-refractivity contribution >= 4 is 40.7 Å². The first-order valence-corrected chi connectivity index (χ1v) is 11.5. The lowest BCUT2D eigenvalue weighted by Crippen LogP contribution is -2.46. The maximum absolute atomic E-state index is 12.1. The highest BCUT2D eigenvalue weighted by molar-refractivity contribution is 14.0. The molecular formula is C19H36IN3OS. The van der Waals surface area contributed by atoms with E-state index in [2.05, 4.69) is 17.6 Å². The van der Waals surface area contributed by atoms with Crippen molar-refractivity contribution in [2.75, 3.05) is 18.8 Å². The largest absolute Gasteiger partial charge is 0.357 e. The molecule has 3 aliphatic carbocycles. The van der Waals surface area contributed by atoms with Crippen molar-refractivity contribution in [3.63, 3.8) is 0 Å². The molecule has 0 heterocycles. The van der Waals surface area contributed by atoms with Gasteiger partial charge in [-0.3, -0.25) is 9.20 Å². The van der Waals surface area contributed by atoms with Gasteiger partial charge < -0.3 is 10.6 Å². The SMILES string of the molecule is CCNC(=NCC(C1CC1)C1CC1)NC1CCCC(S(=O)CC)C1.I. The quantitative estimate of drug-likeness (QED) is 0.316. The average Bonchev–Trinajstić information content (AvgIpc) is 3.47. The standard InChI is InChI=1S/C19H35N3OS.HI/c1-3-20-19(21-13-18(14-8-9-14)15-10-11-15)22-16-6-5-7-17(12-16)24(23)4-2;/h14-18H,3-13H2,1-2H3,(H2,20,21,22);1H. The van der Waals surface area contributed by atoms with E-state index in [-0.39, 0.29) is 24.0 Å². The van der Waals surface area contributed by atoms with Crippen molar-refractivity contribution < 1.29 is 4.21 Å². The lowest BCUT2D eigenvalue weighted by atomic mass is 9.95. The van der Waals surface area contributed by atoms with Crippen molar-refractivity contribution in [3.8, 4) is 0 Å². The molecule has 0 aliphatic heterocycles. The number of aliphatic imine (C=N–C) groups is 1. The third-order valence-electron chi connectivity index (χ3n) is 5.88. The fraction of sp³-hybridized carbons (Fsp3) is 0.947. The molecule has 3 fully saturated rings. The number of hydrogen-bond donors (Lipinski definition) is 2. The monoisotopic (exact) mass is 481 g/mol. The fourth-order valence-corrected chi connectivity index (χ4v) is 5.54. The van der Waals surface area contributed by atoms with E-state index in [0.717, 1.165) is 55.4 Å². The molecule has 0 spiro atoms. The van der Waals surface area contributed by atoms with Crippen LogP contribution in [0.2, 0.25) is 0 Å². The van der Waals surface area contributed by atoms with Crippen molar-refractivity contribution in [2.24, 2.45) is 22.7 Å². The summed E-state index contributed by atoms with van der Waals surface area (Å²) in [6.07, 6.45) is 10.2. The van der Waals surface area contributed by atoms with Crippen molar-refractivity contribution in [2.45, 2.75) is 76.5 Å². The molecular weight excluding hydrogens is 445 g/mol. The van der Waals surface area contributed by atoms with Crippen LogP contribution in [0.15, 0.2) is 4.99 Å². The van der Waals surface area contributed by atoms with Crippen LogP contribution in [0.4, 0.5) is 0 Å². The van der Waals surface area contributed by atoms with Crippen LogP contribution in [-0.4, -0.2) is 40.3 Å². The number of guanidine groups is 1. The van der Waals surface area contributed by atoms with Crippen LogP contribution in [-0.2, 0) is 10.8 Å². The van der Waals surface area contributed by atoms with E-state index in [1.807, 2.05) is 6.92 Å². The summed E-state index contributed by atoms with van der Waals surface area (Å²) in [7, 11) is -0.660. The van der Waals surface area contributed by atoms with Crippen LogP contribution in [0.5, 0.6) is 0 Å². The molecule has 146 valence electrons. The lowest BCUT2D eigenvalue weighted by molar-refractivity contribution is 0.405. The molecule has 3 rings (SSSR count). The summed E-state index contributed by atoms with van der Waals surface area (Å²) >= 11 is 0. The second-order valence-corrected chi connectivity index (χ2v) is 9.86. The van der Waals surface area contributed by atoms with E-state index < -0.39 is 10.8 Å². The Labute approximate surface area is 173 Å². The van der Waals surface area contributed by atoms with E-state index in [0.29, 0.717) is 11.3 Å². The van der Waals surface area contributed by atoms with E-state index in [9.17, 15) is 4.21 Å². The minimum atomic E-state index is -0.660. The Bertz CT molecular complexity index is 454. The number of rotatable bonds is 8. The molecule has 0 amide bonds. The second kappa shape index (κ2) is 10.5. The zero-order valence-corrected chi connectivity index (χ0v) is 19.0. The summed E-state index contributed by atoms with van der Waals surface area (Å²) < 4.78 is 12.1. The predicted octanol–water partition coefficient (Wildman–Crippen LogP) is 3.68. The van der Waals surface area contributed by atoms with Gasteiger partial charge in [0, 0.05) is 40.9 Å². The molecule has 0 radical (unpaired) electrons. The summed E-state index contributed by atoms with van der Waals surface area (Å²) in [6.45, 7) is 6.06. The summed E-state index contributed by atoms with van der Waals surface area (Å²) in [6, 6.07) is 0.428. The van der Waals surface area contributed by atoms with Crippen LogP contribution in [0.1, 0.15) is 65.2 Å². The topological polar surface area (TPSA) is 53.5 Å². The van der Waals surface area contributed by atoms with Gasteiger partial charge in [-0.25, -0.2) is 0 Å². The molecule has 25 heavy (non-hydrogen) atoms. The Morgan fingerprint density at radius 3 is 2.36 bits per heavy atom. The molecule has 2 N–H and O–H groups in total. The van der Waals surface area contributed by atoms with Gasteiger partial charge in [-0.2, -0.15) is 0 Å². The number of hydrogen-bond acceptors (Lipinski definition) is 2. The van der Waals surface area contributed by atoms with Gasteiger partial charge in [0.25, 0.3) is 0 Å². The minimum absolute atomic E-state index is 0. The highest BCUT2D eigenvalue weighted by Gasteiger charge is 2.41. The zero-order chi connectivity index (χ0) is 16.9. The van der Waals surface area contributed by atoms with Gasteiger partial charge in [0.1, 0.15) is 0 Å². The maximum Gasteiger partial charge on any atom is 0.191 e. The number of nitrogens with one attached hydrogen (secondary N) is 2. The van der Waals surface area contributed by atoms with Crippen LogP contribution >= 0.6 is 24.0 Å². The van der Waals surface area contributed by atoms with Crippen molar-refractivity contribution in [3.05, 3.63) is 0 Å². The van der Waals surface area contributed by atoms with Gasteiger partial charge in [0.15, 0.2) is 5.96 Å². The second-order valence-electron chi connectivity index (χ2n) is 7.86. The van der Waals surface area contributed by atoms with Gasteiger partial charge in [-0.15, -0.1) is 24.0 Å². The van der Waals surface area contributed by atoms with Crippen LogP contribution in [0.25, 0.3) is 0 Å². The molecule has 3 unspecified atom stereocenters. The first-order valence-electron chi connectivity index (χ1n) is 10.1. The average molecular weight is 481 g/mol. The van der Waals surface area contributed by atoms with Crippen molar-refractivity contribution in [1.29, 1.82) is 0 Å². The Balaban J connectivity index is 0.00000225. The van der Waals surface area contributed by atoms with Crippen LogP contribution in [0, 0.1) is 17.8 Å². The summed E-state index contributed by atoms with van der Waals surface area (Å²) in [5.41, 5.74) is 0. The molecule has 0 bridgehead atoms. The Kier molecular flexibility index (Phi) is 8.99. The predicted molar refractivity (Wildman–Crippen MR) is 118 cm³/mol. The lowest BCUT2D eigenvalue weighted by Gasteiger charge is -2.30. The normalized spacial score (nSPS) is 28.4. The zero-order valence-electron chi connectivity index (χ0n) is 15.8. The molecule has 6 heteroatoms. The smallest absolute Gasteiger partial charge is 0.191 e. The van der Waals surface area contributed by atoms with E-state index >= 15 is 0 Å². The number of nitrogens with zero attached hydrogens (tertiary/aromatic N) is 1. The fourth-order valence-electron chi connectivity index (χ4n) is 4.19. The molecule has 3 atom stereocenters. The van der Waals surface area contributed by atoms with Gasteiger partial charge in [0.2, 0.25) is 0 Å². The van der Waals surface area contributed by atoms with E-state index in [1.54, 1.807) is 0 Å². The molecule has 0 saturated heterocycles. The summed E-state index contributed by atoms with van der Waals surface area (Å²) in [5.74, 6) is 4.50. The first-order chi connectivity index (χ1) is 11.7. The van der Waals surface area contributed by atoms with Gasteiger partial charge >= 0.3 is 0 Å². The van der Waals surface area contributed by atoms with Crippen LogP contribution in [0.3, 0.4) is 0 Å². The maximum atomic E-state index is 12.1. The molecule has 3 saturated carbocycles. The van der Waals surface area contributed by atoms with E-state index in [4.69, 9.17) is 4.99 Å². The third kappa shape index (κ3) is 6.67. The molecule has 0 aromatic heterocycles. The molecule has 3 aliphatic rings. The van der Waals surface area contributed by atoms with Crippen LogP contribution < -0.4 is 10.6 Å². The Morgan fingerprint density at radius 1 is 1.12 bits per heavy atom. The van der Waals surface area contributed by atoms with Gasteiger partial charge in [-0.1, -0.05) is 13.3 Å². The Hall–Kier alpha value is 0.150. The van der Waals surface area contributed by atoms with Gasteiger partial charge in [0.05, 0.1) is 0 Å². The highest BCUT2D eigenvalue weighted by Crippen LogP contribution is 2.49. The number of halogens is 1. The third-order valence-corrected chi connectivity index (χ3v) is 7.62. The molecule has 4 nitrogen and oxygen atoms in total. The summed E-state index contributed by atoms with van der Waals surface area (Å²) in [5, 5.41) is 7.44. The molecule has 0 aromatic carbocycles.